The topological polar surface area (TPSA) is 27.6 Å². The van der Waals surface area contributed by atoms with Gasteiger partial charge in [-0.3, -0.25) is 4.99 Å². The fourth-order valence-corrected chi connectivity index (χ4v) is 3.52. The third-order valence-corrected chi connectivity index (χ3v) is 5.07. The van der Waals surface area contributed by atoms with Crippen molar-refractivity contribution in [2.75, 3.05) is 20.1 Å². The summed E-state index contributed by atoms with van der Waals surface area (Å²) in [5.74, 6) is 3.25. The molecule has 0 aromatic heterocycles. The normalized spacial score (nSPS) is 31.4. The predicted molar refractivity (Wildman–Crippen MR) is 104 cm³/mol. The number of likely N-dealkylation sites (tertiary alicyclic amines) is 1. The van der Waals surface area contributed by atoms with Gasteiger partial charge in [-0.05, 0) is 36.2 Å². The van der Waals surface area contributed by atoms with E-state index in [-0.39, 0.29) is 24.0 Å². The lowest BCUT2D eigenvalue weighted by Gasteiger charge is -2.39. The Bertz CT molecular complexity index is 502. The first-order valence-electron chi connectivity index (χ1n) is 8.22. The lowest BCUT2D eigenvalue weighted by molar-refractivity contribution is 0.234. The van der Waals surface area contributed by atoms with Gasteiger partial charge in [0, 0.05) is 26.2 Å². The molecule has 1 saturated heterocycles. The van der Waals surface area contributed by atoms with Crippen LogP contribution in [0.4, 0.5) is 0 Å². The zero-order valence-corrected chi connectivity index (χ0v) is 16.2. The van der Waals surface area contributed by atoms with Crippen LogP contribution in [0.2, 0.25) is 0 Å². The zero-order valence-electron chi connectivity index (χ0n) is 13.8. The highest BCUT2D eigenvalue weighted by Crippen LogP contribution is 2.33. The average molecular weight is 413 g/mol. The molecule has 0 amide bonds. The standard InChI is InChI=1S/C18H27N3.HI/c1-13-11-17(13)20-18(19-3)21-10-9-16(14(2)12-21)15-7-5-4-6-8-15;/h4-8,13-14,16-17H,9-12H2,1-3H3,(H,19,20);1H. The van der Waals surface area contributed by atoms with E-state index in [9.17, 15) is 0 Å². The first-order chi connectivity index (χ1) is 10.2. The number of hydrogen-bond donors (Lipinski definition) is 1. The van der Waals surface area contributed by atoms with Crippen LogP contribution in [0.5, 0.6) is 0 Å². The van der Waals surface area contributed by atoms with Gasteiger partial charge in [-0.2, -0.15) is 0 Å². The van der Waals surface area contributed by atoms with Gasteiger partial charge in [0.1, 0.15) is 0 Å². The van der Waals surface area contributed by atoms with Crippen molar-refractivity contribution in [2.24, 2.45) is 16.8 Å². The minimum absolute atomic E-state index is 0. The van der Waals surface area contributed by atoms with Crippen LogP contribution in [-0.4, -0.2) is 37.0 Å². The maximum absolute atomic E-state index is 4.49. The van der Waals surface area contributed by atoms with Crippen molar-refractivity contribution in [3.05, 3.63) is 35.9 Å². The number of hydrogen-bond acceptors (Lipinski definition) is 1. The summed E-state index contributed by atoms with van der Waals surface area (Å²) in [4.78, 5) is 6.93. The molecule has 0 bridgehead atoms. The Kier molecular flexibility index (Phi) is 6.12. The fourth-order valence-electron chi connectivity index (χ4n) is 3.52. The van der Waals surface area contributed by atoms with Crippen molar-refractivity contribution in [3.8, 4) is 0 Å². The van der Waals surface area contributed by atoms with E-state index < -0.39 is 0 Å². The van der Waals surface area contributed by atoms with E-state index in [0.717, 1.165) is 25.0 Å². The molecule has 4 unspecified atom stereocenters. The van der Waals surface area contributed by atoms with Gasteiger partial charge in [0.25, 0.3) is 0 Å². The van der Waals surface area contributed by atoms with Gasteiger partial charge in [-0.15, -0.1) is 24.0 Å². The van der Waals surface area contributed by atoms with E-state index in [1.165, 1.54) is 18.4 Å². The Hall–Kier alpha value is -0.780. The molecule has 1 heterocycles. The smallest absolute Gasteiger partial charge is 0.193 e. The molecule has 4 atom stereocenters. The molecule has 22 heavy (non-hydrogen) atoms. The van der Waals surface area contributed by atoms with Crippen LogP contribution in [0.15, 0.2) is 35.3 Å². The van der Waals surface area contributed by atoms with Crippen molar-refractivity contribution >= 4 is 29.9 Å². The number of benzene rings is 1. The van der Waals surface area contributed by atoms with Crippen molar-refractivity contribution in [2.45, 2.75) is 38.6 Å². The molecule has 2 aliphatic rings. The Morgan fingerprint density at radius 3 is 2.41 bits per heavy atom. The summed E-state index contributed by atoms with van der Waals surface area (Å²) in [6, 6.07) is 11.6. The maximum Gasteiger partial charge on any atom is 0.193 e. The van der Waals surface area contributed by atoms with Crippen LogP contribution < -0.4 is 5.32 Å². The molecular formula is C18H28IN3. The molecule has 1 aromatic carbocycles. The van der Waals surface area contributed by atoms with E-state index >= 15 is 0 Å². The van der Waals surface area contributed by atoms with E-state index in [1.54, 1.807) is 0 Å². The van der Waals surface area contributed by atoms with Crippen LogP contribution >= 0.6 is 24.0 Å². The minimum Gasteiger partial charge on any atom is -0.353 e. The van der Waals surface area contributed by atoms with Crippen LogP contribution in [0, 0.1) is 11.8 Å². The van der Waals surface area contributed by atoms with Crippen LogP contribution in [0.25, 0.3) is 0 Å². The average Bonchev–Trinajstić information content (AvgIpc) is 3.21. The first kappa shape index (κ1) is 17.6. The molecule has 1 aliphatic heterocycles. The van der Waals surface area contributed by atoms with E-state index in [4.69, 9.17) is 0 Å². The molecule has 1 aliphatic carbocycles. The molecule has 1 N–H and O–H groups in total. The van der Waals surface area contributed by atoms with Crippen molar-refractivity contribution in [1.82, 2.24) is 10.2 Å². The molecule has 3 nitrogen and oxygen atoms in total. The van der Waals surface area contributed by atoms with Gasteiger partial charge in [0.05, 0.1) is 0 Å². The Balaban J connectivity index is 0.00000176. The second-order valence-corrected chi connectivity index (χ2v) is 6.74. The lowest BCUT2D eigenvalue weighted by Crippen LogP contribution is -2.48. The summed E-state index contributed by atoms with van der Waals surface area (Å²) in [6.45, 7) is 6.87. The van der Waals surface area contributed by atoms with Crippen molar-refractivity contribution in [1.29, 1.82) is 0 Å². The molecule has 2 fully saturated rings. The third kappa shape index (κ3) is 3.94. The Morgan fingerprint density at radius 2 is 1.86 bits per heavy atom. The summed E-state index contributed by atoms with van der Waals surface area (Å²) in [7, 11) is 1.91. The van der Waals surface area contributed by atoms with Crippen LogP contribution in [-0.2, 0) is 0 Å². The summed E-state index contributed by atoms with van der Waals surface area (Å²) in [5, 5.41) is 3.61. The molecule has 122 valence electrons. The van der Waals surface area contributed by atoms with Gasteiger partial charge in [0.2, 0.25) is 0 Å². The first-order valence-corrected chi connectivity index (χ1v) is 8.22. The summed E-state index contributed by atoms with van der Waals surface area (Å²) in [6.07, 6.45) is 2.50. The number of halogens is 1. The van der Waals surface area contributed by atoms with Gasteiger partial charge >= 0.3 is 0 Å². The molecule has 3 rings (SSSR count). The van der Waals surface area contributed by atoms with Gasteiger partial charge < -0.3 is 10.2 Å². The van der Waals surface area contributed by atoms with Gasteiger partial charge in [-0.1, -0.05) is 44.2 Å². The highest BCUT2D eigenvalue weighted by atomic mass is 127. The van der Waals surface area contributed by atoms with Crippen LogP contribution in [0.3, 0.4) is 0 Å². The second-order valence-electron chi connectivity index (χ2n) is 6.74. The number of rotatable bonds is 2. The van der Waals surface area contributed by atoms with E-state index in [1.807, 2.05) is 7.05 Å². The molecule has 4 heteroatoms. The second kappa shape index (κ2) is 7.66. The maximum atomic E-state index is 4.49. The lowest BCUT2D eigenvalue weighted by atomic mass is 9.82. The molecule has 1 saturated carbocycles. The number of nitrogens with zero attached hydrogens (tertiary/aromatic N) is 2. The molecule has 0 radical (unpaired) electrons. The quantitative estimate of drug-likeness (QED) is 0.455. The number of aliphatic imine (C=N–C) groups is 1. The molecule has 1 aromatic rings. The van der Waals surface area contributed by atoms with Gasteiger partial charge in [0.15, 0.2) is 5.96 Å². The number of guanidine groups is 1. The largest absolute Gasteiger partial charge is 0.353 e. The zero-order chi connectivity index (χ0) is 14.8. The highest BCUT2D eigenvalue weighted by Gasteiger charge is 2.35. The number of nitrogens with one attached hydrogen (secondary N) is 1. The van der Waals surface area contributed by atoms with E-state index in [0.29, 0.717) is 17.9 Å². The monoisotopic (exact) mass is 413 g/mol. The highest BCUT2D eigenvalue weighted by molar-refractivity contribution is 14.0. The predicted octanol–water partition coefficient (Wildman–Crippen LogP) is 3.71. The minimum atomic E-state index is 0. The van der Waals surface area contributed by atoms with Crippen molar-refractivity contribution in [3.63, 3.8) is 0 Å². The third-order valence-electron chi connectivity index (χ3n) is 5.07. The Morgan fingerprint density at radius 1 is 1.18 bits per heavy atom. The van der Waals surface area contributed by atoms with Crippen LogP contribution in [0.1, 0.15) is 38.2 Å². The fraction of sp³-hybridized carbons (Fsp3) is 0.611. The Labute approximate surface area is 151 Å². The SMILES string of the molecule is CN=C(NC1CC1C)N1CCC(c2ccccc2)C(C)C1.I. The van der Waals surface area contributed by atoms with E-state index in [2.05, 4.69) is 59.4 Å². The van der Waals surface area contributed by atoms with Crippen molar-refractivity contribution < 1.29 is 0 Å². The number of piperidine rings is 1. The summed E-state index contributed by atoms with van der Waals surface area (Å²) >= 11 is 0. The summed E-state index contributed by atoms with van der Waals surface area (Å²) < 4.78 is 0. The van der Waals surface area contributed by atoms with Gasteiger partial charge in [-0.25, -0.2) is 0 Å². The summed E-state index contributed by atoms with van der Waals surface area (Å²) in [5.41, 5.74) is 1.49. The molecule has 0 spiro atoms. The molecular weight excluding hydrogens is 385 g/mol.